The van der Waals surface area contributed by atoms with Crippen LogP contribution in [0.15, 0.2) is 24.3 Å². The fraction of sp³-hybridized carbons (Fsp3) is 0.333. The second kappa shape index (κ2) is 6.39. The van der Waals surface area contributed by atoms with Gasteiger partial charge in [0.15, 0.2) is 0 Å². The summed E-state index contributed by atoms with van der Waals surface area (Å²) in [6.07, 6.45) is 0.682. The maximum Gasteiger partial charge on any atom is 0.251 e. The van der Waals surface area contributed by atoms with E-state index in [4.69, 9.17) is 0 Å². The summed E-state index contributed by atoms with van der Waals surface area (Å²) in [6.45, 7) is 7.78. The van der Waals surface area contributed by atoms with Crippen LogP contribution in [0.2, 0.25) is 0 Å². The molecule has 3 rings (SSSR count). The van der Waals surface area contributed by atoms with Gasteiger partial charge in [-0.25, -0.2) is 9.97 Å². The molecule has 0 bridgehead atoms. The molecule has 0 spiro atoms. The average molecular weight is 323 g/mol. The summed E-state index contributed by atoms with van der Waals surface area (Å²) in [5.74, 6) is -0.114. The first-order valence-electron chi connectivity index (χ1n) is 7.99. The molecule has 2 N–H and O–H groups in total. The number of hydrogen-bond acceptors (Lipinski definition) is 4. The molecule has 0 aliphatic carbocycles. The molecule has 1 atom stereocenters. The van der Waals surface area contributed by atoms with Crippen LogP contribution < -0.4 is 5.32 Å². The SMILES string of the molecule is Cc1cc(CC(C)NC(=O)c2ccc3nc(C)c(C)nc3c2)n[nH]1. The Balaban J connectivity index is 1.74. The van der Waals surface area contributed by atoms with Crippen LogP contribution >= 0.6 is 0 Å². The topological polar surface area (TPSA) is 83.6 Å². The number of fused-ring (bicyclic) bond motifs is 1. The quantitative estimate of drug-likeness (QED) is 0.773. The first kappa shape index (κ1) is 16.1. The molecule has 1 unspecified atom stereocenters. The molecule has 6 heteroatoms. The Morgan fingerprint density at radius 3 is 2.50 bits per heavy atom. The Morgan fingerprint density at radius 2 is 1.83 bits per heavy atom. The van der Waals surface area contributed by atoms with E-state index >= 15 is 0 Å². The Labute approximate surface area is 140 Å². The van der Waals surface area contributed by atoms with E-state index in [2.05, 4.69) is 25.5 Å². The smallest absolute Gasteiger partial charge is 0.251 e. The number of rotatable bonds is 4. The van der Waals surface area contributed by atoms with Gasteiger partial charge in [-0.1, -0.05) is 0 Å². The molecular weight excluding hydrogens is 302 g/mol. The Kier molecular flexibility index (Phi) is 4.29. The van der Waals surface area contributed by atoms with E-state index in [-0.39, 0.29) is 11.9 Å². The third kappa shape index (κ3) is 3.42. The monoisotopic (exact) mass is 323 g/mol. The molecule has 124 valence electrons. The summed E-state index contributed by atoms with van der Waals surface area (Å²) in [4.78, 5) is 21.5. The van der Waals surface area contributed by atoms with Crippen molar-refractivity contribution in [2.75, 3.05) is 0 Å². The summed E-state index contributed by atoms with van der Waals surface area (Å²) in [5, 5.41) is 10.1. The molecule has 6 nitrogen and oxygen atoms in total. The van der Waals surface area contributed by atoms with E-state index in [0.717, 1.165) is 33.8 Å². The van der Waals surface area contributed by atoms with E-state index < -0.39 is 0 Å². The molecule has 1 amide bonds. The van der Waals surface area contributed by atoms with Gasteiger partial charge in [0.1, 0.15) is 0 Å². The van der Waals surface area contributed by atoms with E-state index in [1.54, 1.807) is 12.1 Å². The third-order valence-electron chi connectivity index (χ3n) is 3.99. The highest BCUT2D eigenvalue weighted by Crippen LogP contribution is 2.15. The molecule has 0 radical (unpaired) electrons. The first-order valence-corrected chi connectivity index (χ1v) is 7.99. The van der Waals surface area contributed by atoms with Gasteiger partial charge in [0.2, 0.25) is 0 Å². The van der Waals surface area contributed by atoms with Crippen molar-refractivity contribution in [3.05, 3.63) is 52.6 Å². The van der Waals surface area contributed by atoms with Crippen molar-refractivity contribution < 1.29 is 4.79 Å². The molecule has 0 aliphatic heterocycles. The Morgan fingerprint density at radius 1 is 1.12 bits per heavy atom. The highest BCUT2D eigenvalue weighted by atomic mass is 16.1. The highest BCUT2D eigenvalue weighted by Gasteiger charge is 2.13. The molecule has 24 heavy (non-hydrogen) atoms. The third-order valence-corrected chi connectivity index (χ3v) is 3.99. The van der Waals surface area contributed by atoms with Crippen LogP contribution in [0.1, 0.15) is 40.1 Å². The van der Waals surface area contributed by atoms with Crippen LogP contribution in [0, 0.1) is 20.8 Å². The number of nitrogens with zero attached hydrogens (tertiary/aromatic N) is 3. The first-order chi connectivity index (χ1) is 11.4. The van der Waals surface area contributed by atoms with Crippen LogP contribution in [0.5, 0.6) is 0 Å². The van der Waals surface area contributed by atoms with Crippen LogP contribution in [-0.4, -0.2) is 32.1 Å². The van der Waals surface area contributed by atoms with Crippen LogP contribution in [-0.2, 0) is 6.42 Å². The summed E-state index contributed by atoms with van der Waals surface area (Å²) in [6, 6.07) is 7.38. The second-order valence-corrected chi connectivity index (χ2v) is 6.22. The predicted molar refractivity (Wildman–Crippen MR) is 93.0 cm³/mol. The zero-order chi connectivity index (χ0) is 17.3. The minimum atomic E-state index is -0.114. The van der Waals surface area contributed by atoms with Crippen molar-refractivity contribution >= 4 is 16.9 Å². The number of carbonyl (C=O) groups is 1. The van der Waals surface area contributed by atoms with Crippen molar-refractivity contribution in [1.29, 1.82) is 0 Å². The predicted octanol–water partition coefficient (Wildman–Crippen LogP) is 2.64. The Bertz CT molecular complexity index is 900. The van der Waals surface area contributed by atoms with Crippen molar-refractivity contribution in [2.45, 2.75) is 40.2 Å². The summed E-state index contributed by atoms with van der Waals surface area (Å²) in [5.41, 5.74) is 5.86. The van der Waals surface area contributed by atoms with E-state index in [1.165, 1.54) is 0 Å². The second-order valence-electron chi connectivity index (χ2n) is 6.22. The molecule has 0 saturated carbocycles. The molecule has 2 heterocycles. The average Bonchev–Trinajstić information content (AvgIpc) is 2.92. The number of benzene rings is 1. The van der Waals surface area contributed by atoms with Gasteiger partial charge in [-0.05, 0) is 52.0 Å². The number of carbonyl (C=O) groups excluding carboxylic acids is 1. The van der Waals surface area contributed by atoms with Crippen molar-refractivity contribution in [1.82, 2.24) is 25.5 Å². The number of hydrogen-bond donors (Lipinski definition) is 2. The highest BCUT2D eigenvalue weighted by molar-refractivity contribution is 5.97. The maximum atomic E-state index is 12.5. The zero-order valence-electron chi connectivity index (χ0n) is 14.3. The van der Waals surface area contributed by atoms with Crippen molar-refractivity contribution in [2.24, 2.45) is 0 Å². The van der Waals surface area contributed by atoms with Crippen LogP contribution in [0.4, 0.5) is 0 Å². The van der Waals surface area contributed by atoms with E-state index in [9.17, 15) is 4.79 Å². The minimum Gasteiger partial charge on any atom is -0.349 e. The van der Waals surface area contributed by atoms with Crippen LogP contribution in [0.25, 0.3) is 11.0 Å². The van der Waals surface area contributed by atoms with Gasteiger partial charge < -0.3 is 5.32 Å². The zero-order valence-corrected chi connectivity index (χ0v) is 14.3. The Hall–Kier alpha value is -2.76. The van der Waals surface area contributed by atoms with Gasteiger partial charge in [-0.3, -0.25) is 9.89 Å². The molecule has 3 aromatic rings. The lowest BCUT2D eigenvalue weighted by molar-refractivity contribution is 0.0940. The molecular formula is C18H21N5O. The summed E-state index contributed by atoms with van der Waals surface area (Å²) in [7, 11) is 0. The lowest BCUT2D eigenvalue weighted by Crippen LogP contribution is -2.34. The number of amides is 1. The van der Waals surface area contributed by atoms with E-state index in [0.29, 0.717) is 12.0 Å². The molecule has 0 fully saturated rings. The lowest BCUT2D eigenvalue weighted by Gasteiger charge is -2.13. The van der Waals surface area contributed by atoms with Gasteiger partial charge in [0.25, 0.3) is 5.91 Å². The number of aromatic amines is 1. The number of aryl methyl sites for hydroxylation is 3. The van der Waals surface area contributed by atoms with Gasteiger partial charge in [0.05, 0.1) is 28.1 Å². The van der Waals surface area contributed by atoms with Crippen molar-refractivity contribution in [3.63, 3.8) is 0 Å². The van der Waals surface area contributed by atoms with Crippen LogP contribution in [0.3, 0.4) is 0 Å². The molecule has 0 aliphatic rings. The van der Waals surface area contributed by atoms with Gasteiger partial charge in [-0.15, -0.1) is 0 Å². The standard InChI is InChI=1S/C18H21N5O/c1-10(7-15-8-11(2)22-23-15)19-18(24)14-5-6-16-17(9-14)21-13(4)12(3)20-16/h5-6,8-10H,7H2,1-4H3,(H,19,24)(H,22,23). The summed E-state index contributed by atoms with van der Waals surface area (Å²) >= 11 is 0. The fourth-order valence-electron chi connectivity index (χ4n) is 2.62. The maximum absolute atomic E-state index is 12.5. The minimum absolute atomic E-state index is 0.0123. The summed E-state index contributed by atoms with van der Waals surface area (Å²) < 4.78 is 0. The lowest BCUT2D eigenvalue weighted by atomic mass is 10.1. The molecule has 1 aromatic carbocycles. The number of nitrogens with one attached hydrogen (secondary N) is 2. The van der Waals surface area contributed by atoms with Gasteiger partial charge in [0, 0.05) is 23.7 Å². The van der Waals surface area contributed by atoms with Gasteiger partial charge >= 0.3 is 0 Å². The largest absolute Gasteiger partial charge is 0.349 e. The fourth-order valence-corrected chi connectivity index (χ4v) is 2.62. The van der Waals surface area contributed by atoms with E-state index in [1.807, 2.05) is 39.8 Å². The molecule has 0 saturated heterocycles. The molecule has 2 aromatic heterocycles. The number of H-pyrrole nitrogens is 1. The normalized spacial score (nSPS) is 12.3. The van der Waals surface area contributed by atoms with Crippen molar-refractivity contribution in [3.8, 4) is 0 Å². The number of aromatic nitrogens is 4. The van der Waals surface area contributed by atoms with Gasteiger partial charge in [-0.2, -0.15) is 5.10 Å².